The smallest absolute Gasteiger partial charge is 0.380 e. The number of ether oxygens (including phenoxy) is 2. The van der Waals surface area contributed by atoms with Gasteiger partial charge in [-0.1, -0.05) is 74.2 Å². The molecule has 1 saturated carbocycles. The highest BCUT2D eigenvalue weighted by molar-refractivity contribution is 7.54. The highest BCUT2D eigenvalue weighted by Crippen LogP contribution is 2.48. The fourth-order valence-corrected chi connectivity index (χ4v) is 9.47. The summed E-state index contributed by atoms with van der Waals surface area (Å²) in [5.41, 5.74) is 8.21. The lowest BCUT2D eigenvalue weighted by Crippen LogP contribution is -2.32. The molecule has 3 nitrogen and oxygen atoms in total. The molecule has 1 aliphatic carbocycles. The van der Waals surface area contributed by atoms with Gasteiger partial charge in [0.15, 0.2) is 11.0 Å². The Balaban J connectivity index is 1.93. The normalized spacial score (nSPS) is 19.9. The molecular formula is C35H46O3P+. The number of rotatable bonds is 8. The Morgan fingerprint density at radius 3 is 1.74 bits per heavy atom. The number of hydrogen-bond acceptors (Lipinski definition) is 3. The largest absolute Gasteiger partial charge is 0.496 e. The maximum atomic E-state index is 14.6. The highest BCUT2D eigenvalue weighted by atomic mass is 31.1. The molecule has 39 heavy (non-hydrogen) atoms. The first kappa shape index (κ1) is 29.3. The first-order valence-electron chi connectivity index (χ1n) is 14.4. The van der Waals surface area contributed by atoms with E-state index in [1.54, 1.807) is 14.2 Å². The summed E-state index contributed by atoms with van der Waals surface area (Å²) < 4.78 is 26.1. The van der Waals surface area contributed by atoms with Gasteiger partial charge in [0.2, 0.25) is 0 Å². The first-order chi connectivity index (χ1) is 18.6. The van der Waals surface area contributed by atoms with Gasteiger partial charge < -0.3 is 9.47 Å². The minimum Gasteiger partial charge on any atom is -0.496 e. The van der Waals surface area contributed by atoms with Crippen LogP contribution in [0.1, 0.15) is 84.9 Å². The summed E-state index contributed by atoms with van der Waals surface area (Å²) >= 11 is 0. The summed E-state index contributed by atoms with van der Waals surface area (Å²) in [6, 6.07) is 17.5. The molecule has 0 saturated heterocycles. The first-order valence-corrected chi connectivity index (χ1v) is 15.8. The van der Waals surface area contributed by atoms with Crippen LogP contribution in [-0.4, -0.2) is 19.9 Å². The standard InChI is InChI=1S/C35H46O3P/c1-21(2)29-15-14-22(3)16-32(29)39(36)31-13-11-10-12-30(31)33(27-17-23(4)34(37-8)24(5)18-27)28-19-25(6)35(38-9)26(7)20-28/h10-13,17-22,29,32-33H,14-16H2,1-9H3/q+1/t22-,29+,32-/m1/s1. The summed E-state index contributed by atoms with van der Waals surface area (Å²) in [5.74, 6) is 3.44. The van der Waals surface area contributed by atoms with Crippen molar-refractivity contribution in [3.63, 3.8) is 0 Å². The van der Waals surface area contributed by atoms with Gasteiger partial charge in [0, 0.05) is 17.4 Å². The summed E-state index contributed by atoms with van der Waals surface area (Å²) in [6.07, 6.45) is 3.45. The third kappa shape index (κ3) is 5.94. The lowest BCUT2D eigenvalue weighted by Gasteiger charge is -2.32. The summed E-state index contributed by atoms with van der Waals surface area (Å²) in [4.78, 5) is 0. The van der Waals surface area contributed by atoms with Crippen molar-refractivity contribution in [2.24, 2.45) is 17.8 Å². The molecule has 4 heteroatoms. The molecule has 0 amide bonds. The van der Waals surface area contributed by atoms with E-state index in [1.807, 2.05) is 0 Å². The van der Waals surface area contributed by atoms with Gasteiger partial charge in [0.1, 0.15) is 11.5 Å². The average Bonchev–Trinajstić information content (AvgIpc) is 2.88. The van der Waals surface area contributed by atoms with E-state index in [-0.39, 0.29) is 11.6 Å². The second-order valence-electron chi connectivity index (χ2n) is 12.1. The number of benzene rings is 3. The van der Waals surface area contributed by atoms with Crippen LogP contribution in [0.3, 0.4) is 0 Å². The fraction of sp³-hybridized carbons (Fsp3) is 0.486. The van der Waals surface area contributed by atoms with Crippen LogP contribution in [-0.2, 0) is 4.57 Å². The van der Waals surface area contributed by atoms with Crippen molar-refractivity contribution in [2.45, 2.75) is 79.3 Å². The van der Waals surface area contributed by atoms with Crippen molar-refractivity contribution in [3.8, 4) is 11.5 Å². The van der Waals surface area contributed by atoms with E-state index in [9.17, 15) is 4.57 Å². The Labute approximate surface area is 237 Å². The predicted molar refractivity (Wildman–Crippen MR) is 165 cm³/mol. The zero-order valence-corrected chi connectivity index (χ0v) is 26.2. The van der Waals surface area contributed by atoms with Crippen molar-refractivity contribution in [1.29, 1.82) is 0 Å². The predicted octanol–water partition coefficient (Wildman–Crippen LogP) is 9.03. The number of methoxy groups -OCH3 is 2. The molecule has 1 aliphatic rings. The van der Waals surface area contributed by atoms with E-state index in [4.69, 9.17) is 9.47 Å². The van der Waals surface area contributed by atoms with Gasteiger partial charge >= 0.3 is 7.80 Å². The minimum atomic E-state index is -1.57. The van der Waals surface area contributed by atoms with E-state index in [0.29, 0.717) is 17.8 Å². The van der Waals surface area contributed by atoms with Crippen molar-refractivity contribution in [2.75, 3.05) is 14.2 Å². The van der Waals surface area contributed by atoms with Crippen LogP contribution in [0.2, 0.25) is 0 Å². The average molecular weight is 546 g/mol. The molecule has 3 aromatic carbocycles. The molecule has 3 aromatic rings. The highest BCUT2D eigenvalue weighted by Gasteiger charge is 2.45. The molecule has 0 spiro atoms. The van der Waals surface area contributed by atoms with Crippen molar-refractivity contribution < 1.29 is 14.0 Å². The number of aryl methyl sites for hydroxylation is 4. The molecule has 1 unspecified atom stereocenters. The van der Waals surface area contributed by atoms with Crippen molar-refractivity contribution in [1.82, 2.24) is 0 Å². The van der Waals surface area contributed by atoms with Crippen LogP contribution in [0.4, 0.5) is 0 Å². The maximum absolute atomic E-state index is 14.6. The zero-order valence-electron chi connectivity index (χ0n) is 25.3. The Bertz CT molecular complexity index is 1240. The molecular weight excluding hydrogens is 499 g/mol. The van der Waals surface area contributed by atoms with Crippen molar-refractivity contribution >= 4 is 13.1 Å². The Morgan fingerprint density at radius 2 is 1.28 bits per heavy atom. The van der Waals surface area contributed by atoms with E-state index in [2.05, 4.69) is 97.0 Å². The Morgan fingerprint density at radius 1 is 0.795 bits per heavy atom. The van der Waals surface area contributed by atoms with E-state index in [1.165, 1.54) is 24.0 Å². The lowest BCUT2D eigenvalue weighted by atomic mass is 9.77. The summed E-state index contributed by atoms with van der Waals surface area (Å²) in [5, 5.41) is 1.01. The van der Waals surface area contributed by atoms with Gasteiger partial charge in [-0.25, -0.2) is 0 Å². The maximum Gasteiger partial charge on any atom is 0.380 e. The quantitative estimate of drug-likeness (QED) is 0.209. The van der Waals surface area contributed by atoms with Crippen LogP contribution >= 0.6 is 7.80 Å². The van der Waals surface area contributed by atoms with E-state index in [0.717, 1.165) is 51.0 Å². The molecule has 0 aliphatic heterocycles. The third-order valence-electron chi connectivity index (χ3n) is 8.81. The molecule has 1 fully saturated rings. The van der Waals surface area contributed by atoms with Gasteiger partial charge in [0.05, 0.1) is 14.2 Å². The zero-order chi connectivity index (χ0) is 28.4. The summed E-state index contributed by atoms with van der Waals surface area (Å²) in [7, 11) is 1.90. The SMILES string of the molecule is COc1c(C)cc(C(c2cc(C)c(OC)c(C)c2)c2ccccc2[P+](=O)[C@@H]2C[C@H](C)CC[C@H]2C(C)C)cc1C. The van der Waals surface area contributed by atoms with Gasteiger partial charge in [-0.3, -0.25) is 0 Å². The molecule has 0 bridgehead atoms. The molecule has 0 N–H and O–H groups in total. The molecule has 4 rings (SSSR count). The van der Waals surface area contributed by atoms with Gasteiger partial charge in [-0.2, -0.15) is 0 Å². The third-order valence-corrected chi connectivity index (χ3v) is 10.9. The second kappa shape index (κ2) is 12.3. The second-order valence-corrected chi connectivity index (χ2v) is 13.9. The molecule has 0 radical (unpaired) electrons. The fourth-order valence-electron chi connectivity index (χ4n) is 7.03. The van der Waals surface area contributed by atoms with Gasteiger partial charge in [-0.15, -0.1) is 0 Å². The lowest BCUT2D eigenvalue weighted by molar-refractivity contribution is 0.239. The number of hydrogen-bond donors (Lipinski definition) is 0. The van der Waals surface area contributed by atoms with Crippen LogP contribution in [0, 0.1) is 45.4 Å². The van der Waals surface area contributed by atoms with Crippen LogP contribution < -0.4 is 14.8 Å². The minimum absolute atomic E-state index is 0.0507. The van der Waals surface area contributed by atoms with Crippen LogP contribution in [0.15, 0.2) is 48.5 Å². The van der Waals surface area contributed by atoms with Crippen molar-refractivity contribution in [3.05, 3.63) is 87.5 Å². The molecule has 0 heterocycles. The van der Waals surface area contributed by atoms with Crippen LogP contribution in [0.25, 0.3) is 0 Å². The van der Waals surface area contributed by atoms with E-state index >= 15 is 0 Å². The molecule has 208 valence electrons. The Hall–Kier alpha value is -2.64. The van der Waals surface area contributed by atoms with E-state index < -0.39 is 7.80 Å². The topological polar surface area (TPSA) is 35.5 Å². The van der Waals surface area contributed by atoms with Gasteiger partial charge in [0.25, 0.3) is 0 Å². The molecule has 0 aromatic heterocycles. The Kier molecular flexibility index (Phi) is 9.22. The van der Waals surface area contributed by atoms with Gasteiger partial charge in [-0.05, 0) is 91.8 Å². The van der Waals surface area contributed by atoms with Crippen LogP contribution in [0.5, 0.6) is 11.5 Å². The monoisotopic (exact) mass is 545 g/mol. The summed E-state index contributed by atoms with van der Waals surface area (Å²) in [6.45, 7) is 15.4. The molecule has 4 atom stereocenters.